The van der Waals surface area contributed by atoms with E-state index >= 15 is 0 Å². The van der Waals surface area contributed by atoms with E-state index in [4.69, 9.17) is 15.2 Å². The summed E-state index contributed by atoms with van der Waals surface area (Å²) in [7, 11) is 2.98. The number of carbonyl (C=O) groups excluding carboxylic acids is 1. The Bertz CT molecular complexity index is 595. The van der Waals surface area contributed by atoms with Crippen LogP contribution >= 0.6 is 12.4 Å². The van der Waals surface area contributed by atoms with Crippen LogP contribution in [0.25, 0.3) is 10.9 Å². The molecule has 1 aromatic heterocycles. The molecule has 1 aromatic carbocycles. The van der Waals surface area contributed by atoms with Gasteiger partial charge in [0.05, 0.1) is 20.1 Å². The fourth-order valence-electron chi connectivity index (χ4n) is 2.26. The molecule has 2 rings (SSSR count). The van der Waals surface area contributed by atoms with E-state index in [0.717, 1.165) is 22.2 Å². The van der Waals surface area contributed by atoms with Crippen molar-refractivity contribution in [3.63, 3.8) is 0 Å². The van der Waals surface area contributed by atoms with Gasteiger partial charge in [-0.05, 0) is 30.7 Å². The predicted octanol–water partition coefficient (Wildman–Crippen LogP) is 2.20. The van der Waals surface area contributed by atoms with Crippen molar-refractivity contribution in [2.45, 2.75) is 18.9 Å². The minimum Gasteiger partial charge on any atom is -0.497 e. The topological polar surface area (TPSA) is 77.3 Å². The summed E-state index contributed by atoms with van der Waals surface area (Å²) in [6, 6.07) is 5.33. The fraction of sp³-hybridized carbons (Fsp3) is 0.357. The molecule has 2 atom stereocenters. The van der Waals surface area contributed by atoms with Gasteiger partial charge in [0.2, 0.25) is 0 Å². The number of methoxy groups -OCH3 is 2. The van der Waals surface area contributed by atoms with Crippen LogP contribution in [-0.2, 0) is 9.53 Å². The molecule has 1 heterocycles. The first-order valence-electron chi connectivity index (χ1n) is 6.07. The summed E-state index contributed by atoms with van der Waals surface area (Å²) < 4.78 is 10.1. The molecule has 0 bridgehead atoms. The summed E-state index contributed by atoms with van der Waals surface area (Å²) >= 11 is 0. The van der Waals surface area contributed by atoms with Gasteiger partial charge >= 0.3 is 5.97 Å². The number of aromatic nitrogens is 1. The lowest BCUT2D eigenvalue weighted by Gasteiger charge is -2.17. The normalized spacial score (nSPS) is 13.4. The molecule has 0 saturated heterocycles. The first-order chi connectivity index (χ1) is 9.08. The third-order valence-corrected chi connectivity index (χ3v) is 3.24. The number of rotatable bonds is 4. The highest BCUT2D eigenvalue weighted by atomic mass is 35.5. The number of hydrogen-bond donors (Lipinski definition) is 2. The Labute approximate surface area is 123 Å². The van der Waals surface area contributed by atoms with Crippen LogP contribution in [0.2, 0.25) is 0 Å². The number of halogens is 1. The Morgan fingerprint density at radius 3 is 2.60 bits per heavy atom. The average Bonchev–Trinajstić information content (AvgIpc) is 2.81. The molecular formula is C14H19ClN2O3. The first kappa shape index (κ1) is 16.3. The standard InChI is InChI=1S/C14H18N2O3.ClH/c1-8(15)13(14(17)19-3)11-7-16-12-5-4-9(18-2)6-10(11)12;/h4-8,13,16H,15H2,1-3H3;1H. The third-order valence-electron chi connectivity index (χ3n) is 3.24. The monoisotopic (exact) mass is 298 g/mol. The lowest BCUT2D eigenvalue weighted by Crippen LogP contribution is -2.31. The van der Waals surface area contributed by atoms with Crippen LogP contribution in [-0.4, -0.2) is 31.2 Å². The van der Waals surface area contributed by atoms with Crippen LogP contribution in [0.5, 0.6) is 5.75 Å². The van der Waals surface area contributed by atoms with Crippen LogP contribution < -0.4 is 10.5 Å². The predicted molar refractivity (Wildman–Crippen MR) is 80.5 cm³/mol. The number of carbonyl (C=O) groups is 1. The summed E-state index contributed by atoms with van der Waals surface area (Å²) in [6.07, 6.45) is 1.80. The Balaban J connectivity index is 0.00000200. The molecule has 0 aliphatic carbocycles. The highest BCUT2D eigenvalue weighted by molar-refractivity contribution is 5.91. The van der Waals surface area contributed by atoms with Crippen molar-refractivity contribution in [2.24, 2.45) is 5.73 Å². The Morgan fingerprint density at radius 2 is 2.05 bits per heavy atom. The Hall–Kier alpha value is -1.72. The van der Waals surface area contributed by atoms with Crippen molar-refractivity contribution in [3.05, 3.63) is 30.0 Å². The van der Waals surface area contributed by atoms with E-state index in [1.165, 1.54) is 7.11 Å². The molecule has 110 valence electrons. The Morgan fingerprint density at radius 1 is 1.35 bits per heavy atom. The highest BCUT2D eigenvalue weighted by Crippen LogP contribution is 2.30. The molecule has 6 heteroatoms. The maximum atomic E-state index is 11.9. The zero-order valence-electron chi connectivity index (χ0n) is 11.7. The second-order valence-corrected chi connectivity index (χ2v) is 4.52. The van der Waals surface area contributed by atoms with Gasteiger partial charge in [0.15, 0.2) is 0 Å². The summed E-state index contributed by atoms with van der Waals surface area (Å²) in [5, 5.41) is 0.923. The number of nitrogens with two attached hydrogens (primary N) is 1. The van der Waals surface area contributed by atoms with Gasteiger partial charge in [-0.3, -0.25) is 4.79 Å². The number of aromatic amines is 1. The maximum Gasteiger partial charge on any atom is 0.314 e. The molecule has 2 aromatic rings. The van der Waals surface area contributed by atoms with Crippen molar-refractivity contribution >= 4 is 29.3 Å². The molecule has 2 unspecified atom stereocenters. The van der Waals surface area contributed by atoms with Gasteiger partial charge in [-0.2, -0.15) is 0 Å². The maximum absolute atomic E-state index is 11.9. The van der Waals surface area contributed by atoms with Gasteiger partial charge in [-0.15, -0.1) is 12.4 Å². The summed E-state index contributed by atoms with van der Waals surface area (Å²) in [4.78, 5) is 15.0. The molecule has 3 N–H and O–H groups in total. The van der Waals surface area contributed by atoms with Crippen LogP contribution in [0.15, 0.2) is 24.4 Å². The SMILES string of the molecule is COC(=O)C(c1c[nH]c2ccc(OC)cc12)C(C)N.Cl. The van der Waals surface area contributed by atoms with Crippen molar-refractivity contribution < 1.29 is 14.3 Å². The molecule has 0 fully saturated rings. The van der Waals surface area contributed by atoms with Crippen LogP contribution in [0.1, 0.15) is 18.4 Å². The lowest BCUT2D eigenvalue weighted by molar-refractivity contribution is -0.142. The van der Waals surface area contributed by atoms with Gasteiger partial charge in [0.1, 0.15) is 5.75 Å². The molecule has 0 amide bonds. The number of esters is 1. The second-order valence-electron chi connectivity index (χ2n) is 4.52. The molecule has 20 heavy (non-hydrogen) atoms. The lowest BCUT2D eigenvalue weighted by atomic mass is 9.92. The van der Waals surface area contributed by atoms with E-state index in [1.807, 2.05) is 18.2 Å². The molecule has 0 spiro atoms. The van der Waals surface area contributed by atoms with Crippen molar-refractivity contribution in [1.82, 2.24) is 4.98 Å². The van der Waals surface area contributed by atoms with E-state index in [1.54, 1.807) is 20.2 Å². The first-order valence-corrected chi connectivity index (χ1v) is 6.07. The zero-order valence-corrected chi connectivity index (χ0v) is 12.5. The van der Waals surface area contributed by atoms with Gasteiger partial charge in [-0.1, -0.05) is 0 Å². The molecule has 0 radical (unpaired) electrons. The molecule has 0 saturated carbocycles. The van der Waals surface area contributed by atoms with E-state index in [-0.39, 0.29) is 24.4 Å². The van der Waals surface area contributed by atoms with Gasteiger partial charge in [0.25, 0.3) is 0 Å². The number of nitrogens with one attached hydrogen (secondary N) is 1. The average molecular weight is 299 g/mol. The number of H-pyrrole nitrogens is 1. The molecular weight excluding hydrogens is 280 g/mol. The van der Waals surface area contributed by atoms with Gasteiger partial charge in [0, 0.05) is 23.1 Å². The molecule has 0 aliphatic rings. The zero-order chi connectivity index (χ0) is 14.0. The largest absolute Gasteiger partial charge is 0.497 e. The third kappa shape index (κ3) is 2.89. The van der Waals surface area contributed by atoms with Crippen LogP contribution in [0.3, 0.4) is 0 Å². The van der Waals surface area contributed by atoms with Gasteiger partial charge in [-0.25, -0.2) is 0 Å². The minimum atomic E-state index is -0.495. The smallest absolute Gasteiger partial charge is 0.314 e. The highest BCUT2D eigenvalue weighted by Gasteiger charge is 2.28. The van der Waals surface area contributed by atoms with E-state index in [0.29, 0.717) is 0 Å². The van der Waals surface area contributed by atoms with Gasteiger partial charge < -0.3 is 20.2 Å². The Kier molecular flexibility index (Phi) is 5.42. The fourth-order valence-corrected chi connectivity index (χ4v) is 2.26. The van der Waals surface area contributed by atoms with E-state index < -0.39 is 5.92 Å². The minimum absolute atomic E-state index is 0. The summed E-state index contributed by atoms with van der Waals surface area (Å²) in [6.45, 7) is 1.79. The van der Waals surface area contributed by atoms with E-state index in [2.05, 4.69) is 4.98 Å². The summed E-state index contributed by atoms with van der Waals surface area (Å²) in [5.41, 5.74) is 7.68. The van der Waals surface area contributed by atoms with Crippen LogP contribution in [0, 0.1) is 0 Å². The van der Waals surface area contributed by atoms with Crippen molar-refractivity contribution in [3.8, 4) is 5.75 Å². The van der Waals surface area contributed by atoms with Crippen molar-refractivity contribution in [1.29, 1.82) is 0 Å². The number of ether oxygens (including phenoxy) is 2. The number of fused-ring (bicyclic) bond motifs is 1. The quantitative estimate of drug-likeness (QED) is 0.848. The van der Waals surface area contributed by atoms with E-state index in [9.17, 15) is 4.79 Å². The number of benzene rings is 1. The molecule has 5 nitrogen and oxygen atoms in total. The van der Waals surface area contributed by atoms with Crippen molar-refractivity contribution in [2.75, 3.05) is 14.2 Å². The molecule has 0 aliphatic heterocycles. The summed E-state index contributed by atoms with van der Waals surface area (Å²) in [5.74, 6) is -0.0915. The second kappa shape index (κ2) is 6.63. The van der Waals surface area contributed by atoms with Crippen LogP contribution in [0.4, 0.5) is 0 Å². The number of hydrogen-bond acceptors (Lipinski definition) is 4.